The van der Waals surface area contributed by atoms with Gasteiger partial charge in [-0.15, -0.1) is 0 Å². The van der Waals surface area contributed by atoms with Crippen LogP contribution in [0.2, 0.25) is 0 Å². The Morgan fingerprint density at radius 2 is 2.14 bits per heavy atom. The van der Waals surface area contributed by atoms with E-state index in [1.54, 1.807) is 0 Å². The zero-order chi connectivity index (χ0) is 10.8. The first-order valence-corrected chi connectivity index (χ1v) is 3.63. The van der Waals surface area contributed by atoms with Crippen molar-refractivity contribution in [2.24, 2.45) is 5.73 Å². The summed E-state index contributed by atoms with van der Waals surface area (Å²) in [4.78, 5) is 3.50. The maximum absolute atomic E-state index is 12.4. The van der Waals surface area contributed by atoms with Crippen molar-refractivity contribution in [3.63, 3.8) is 0 Å². The van der Waals surface area contributed by atoms with Crippen LogP contribution in [0, 0.1) is 11.3 Å². The largest absolute Gasteiger partial charge is 0.416 e. The van der Waals surface area contributed by atoms with E-state index in [9.17, 15) is 13.2 Å². The molecule has 74 valence electrons. The van der Waals surface area contributed by atoms with Crippen LogP contribution >= 0.6 is 0 Å². The zero-order valence-corrected chi connectivity index (χ0v) is 6.92. The van der Waals surface area contributed by atoms with E-state index in [2.05, 4.69) is 4.98 Å². The number of halogens is 3. The molecule has 0 saturated heterocycles. The predicted octanol–water partition coefficient (Wildman–Crippen LogP) is 1.62. The Morgan fingerprint density at radius 1 is 1.50 bits per heavy atom. The van der Waals surface area contributed by atoms with Crippen LogP contribution in [0.3, 0.4) is 0 Å². The van der Waals surface area contributed by atoms with Gasteiger partial charge in [0.05, 0.1) is 11.6 Å². The smallest absolute Gasteiger partial charge is 0.312 e. The normalized spacial score (nSPS) is 13.4. The highest BCUT2D eigenvalue weighted by atomic mass is 19.4. The first-order valence-electron chi connectivity index (χ1n) is 3.63. The number of hydrogen-bond donors (Lipinski definition) is 1. The monoisotopic (exact) mass is 201 g/mol. The second-order valence-corrected chi connectivity index (χ2v) is 2.57. The fourth-order valence-corrected chi connectivity index (χ4v) is 0.982. The number of rotatable bonds is 1. The Labute approximate surface area is 78.0 Å². The van der Waals surface area contributed by atoms with Crippen LogP contribution in [0.15, 0.2) is 18.5 Å². The quantitative estimate of drug-likeness (QED) is 0.750. The number of pyridine rings is 1. The van der Waals surface area contributed by atoms with Gasteiger partial charge in [0, 0.05) is 18.0 Å². The highest BCUT2D eigenvalue weighted by molar-refractivity contribution is 5.32. The van der Waals surface area contributed by atoms with Crippen LogP contribution in [-0.2, 0) is 6.18 Å². The summed E-state index contributed by atoms with van der Waals surface area (Å²) in [6.07, 6.45) is -2.54. The van der Waals surface area contributed by atoms with E-state index in [1.807, 2.05) is 0 Å². The number of hydrogen-bond acceptors (Lipinski definition) is 3. The lowest BCUT2D eigenvalue weighted by Crippen LogP contribution is -2.16. The van der Waals surface area contributed by atoms with E-state index in [0.717, 1.165) is 18.5 Å². The third-order valence-electron chi connectivity index (χ3n) is 1.63. The molecule has 3 nitrogen and oxygen atoms in total. The third kappa shape index (κ3) is 2.00. The molecule has 0 saturated carbocycles. The lowest BCUT2D eigenvalue weighted by atomic mass is 10.0. The first-order chi connectivity index (χ1) is 6.46. The van der Waals surface area contributed by atoms with Gasteiger partial charge in [-0.2, -0.15) is 18.4 Å². The van der Waals surface area contributed by atoms with E-state index < -0.39 is 17.8 Å². The van der Waals surface area contributed by atoms with E-state index >= 15 is 0 Å². The van der Waals surface area contributed by atoms with E-state index in [-0.39, 0.29) is 5.56 Å². The standard InChI is InChI=1S/C8H6F3N3/c9-8(10,11)6-1-2-14-4-5(6)7(13)3-12/h1-2,4,7H,13H2. The molecule has 0 radical (unpaired) electrons. The highest BCUT2D eigenvalue weighted by Crippen LogP contribution is 2.33. The summed E-state index contributed by atoms with van der Waals surface area (Å²) >= 11 is 0. The van der Waals surface area contributed by atoms with Crippen molar-refractivity contribution in [2.75, 3.05) is 0 Å². The van der Waals surface area contributed by atoms with Gasteiger partial charge < -0.3 is 5.73 Å². The second kappa shape index (κ2) is 3.64. The van der Waals surface area contributed by atoms with Gasteiger partial charge in [-0.25, -0.2) is 0 Å². The van der Waals surface area contributed by atoms with Gasteiger partial charge in [0.2, 0.25) is 0 Å². The summed E-state index contributed by atoms with van der Waals surface area (Å²) in [6, 6.07) is 1.02. The minimum atomic E-state index is -4.51. The van der Waals surface area contributed by atoms with E-state index in [0.29, 0.717) is 0 Å². The molecule has 0 aliphatic carbocycles. The summed E-state index contributed by atoms with van der Waals surface area (Å²) < 4.78 is 37.1. The molecule has 1 heterocycles. The Balaban J connectivity index is 3.25. The van der Waals surface area contributed by atoms with Gasteiger partial charge in [0.15, 0.2) is 0 Å². The molecule has 0 bridgehead atoms. The molecular formula is C8H6F3N3. The summed E-state index contributed by atoms with van der Waals surface area (Å²) in [6.45, 7) is 0. The Morgan fingerprint density at radius 3 is 2.64 bits per heavy atom. The average Bonchev–Trinajstić information content (AvgIpc) is 2.15. The molecule has 2 N–H and O–H groups in total. The van der Waals surface area contributed by atoms with Gasteiger partial charge in [-0.1, -0.05) is 0 Å². The number of nitrogens with zero attached hydrogens (tertiary/aromatic N) is 2. The molecular weight excluding hydrogens is 195 g/mol. The summed E-state index contributed by atoms with van der Waals surface area (Å²) in [5.41, 5.74) is 3.97. The van der Waals surface area contributed by atoms with Crippen LogP contribution < -0.4 is 5.73 Å². The second-order valence-electron chi connectivity index (χ2n) is 2.57. The molecule has 1 aromatic heterocycles. The molecule has 0 amide bonds. The summed E-state index contributed by atoms with van der Waals surface area (Å²) in [5, 5.41) is 8.41. The van der Waals surface area contributed by atoms with E-state index in [1.165, 1.54) is 6.07 Å². The molecule has 1 rings (SSSR count). The molecule has 0 aromatic carbocycles. The molecule has 0 fully saturated rings. The fourth-order valence-electron chi connectivity index (χ4n) is 0.982. The van der Waals surface area contributed by atoms with Crippen molar-refractivity contribution >= 4 is 0 Å². The van der Waals surface area contributed by atoms with E-state index in [4.69, 9.17) is 11.0 Å². The van der Waals surface area contributed by atoms with Crippen molar-refractivity contribution in [1.82, 2.24) is 4.98 Å². The molecule has 1 atom stereocenters. The minimum absolute atomic E-state index is 0.303. The van der Waals surface area contributed by atoms with Gasteiger partial charge >= 0.3 is 6.18 Å². The molecule has 0 spiro atoms. The average molecular weight is 201 g/mol. The number of alkyl halides is 3. The zero-order valence-electron chi connectivity index (χ0n) is 6.92. The topological polar surface area (TPSA) is 62.7 Å². The highest BCUT2D eigenvalue weighted by Gasteiger charge is 2.34. The Kier molecular flexibility index (Phi) is 2.72. The molecule has 6 heteroatoms. The van der Waals surface area contributed by atoms with Crippen LogP contribution in [0.25, 0.3) is 0 Å². The van der Waals surface area contributed by atoms with Gasteiger partial charge in [0.25, 0.3) is 0 Å². The molecule has 1 aromatic rings. The molecule has 0 aliphatic heterocycles. The summed E-state index contributed by atoms with van der Waals surface area (Å²) in [5.74, 6) is 0. The van der Waals surface area contributed by atoms with Gasteiger partial charge in [-0.3, -0.25) is 4.98 Å². The van der Waals surface area contributed by atoms with Crippen molar-refractivity contribution in [3.8, 4) is 6.07 Å². The maximum atomic E-state index is 12.4. The van der Waals surface area contributed by atoms with Gasteiger partial charge in [-0.05, 0) is 6.07 Å². The SMILES string of the molecule is N#CC(N)c1cnccc1C(F)(F)F. The van der Waals surface area contributed by atoms with Crippen LogP contribution in [0.4, 0.5) is 13.2 Å². The predicted molar refractivity (Wildman–Crippen MR) is 41.8 cm³/mol. The molecule has 14 heavy (non-hydrogen) atoms. The van der Waals surface area contributed by atoms with Crippen molar-refractivity contribution in [1.29, 1.82) is 5.26 Å². The Bertz CT molecular complexity index is 367. The van der Waals surface area contributed by atoms with Crippen LogP contribution in [0.5, 0.6) is 0 Å². The van der Waals surface area contributed by atoms with Crippen molar-refractivity contribution in [2.45, 2.75) is 12.2 Å². The molecule has 0 aliphatic rings. The van der Waals surface area contributed by atoms with Crippen molar-refractivity contribution < 1.29 is 13.2 Å². The number of nitriles is 1. The van der Waals surface area contributed by atoms with Gasteiger partial charge in [0.1, 0.15) is 6.04 Å². The fraction of sp³-hybridized carbons (Fsp3) is 0.250. The minimum Gasteiger partial charge on any atom is -0.312 e. The lowest BCUT2D eigenvalue weighted by Gasteiger charge is -2.12. The first kappa shape index (κ1) is 10.5. The third-order valence-corrected chi connectivity index (χ3v) is 1.63. The van der Waals surface area contributed by atoms with Crippen molar-refractivity contribution in [3.05, 3.63) is 29.6 Å². The molecule has 1 unspecified atom stereocenters. The summed E-state index contributed by atoms with van der Waals surface area (Å²) in [7, 11) is 0. The number of aromatic nitrogens is 1. The van der Waals surface area contributed by atoms with Crippen LogP contribution in [0.1, 0.15) is 17.2 Å². The Hall–Kier alpha value is -1.61. The van der Waals surface area contributed by atoms with Crippen LogP contribution in [-0.4, -0.2) is 4.98 Å². The lowest BCUT2D eigenvalue weighted by molar-refractivity contribution is -0.138. The maximum Gasteiger partial charge on any atom is 0.416 e. The number of nitrogens with two attached hydrogens (primary N) is 1.